The number of halogens is 2. The molecule has 18 nitrogen and oxygen atoms in total. The number of nitrogens with one attached hydrogen (secondary N) is 8. The number of carbonyl (C=O) groups excluding carboxylic acids is 4. The largest absolute Gasteiger partial charge is 0.359 e. The van der Waals surface area contributed by atoms with Crippen molar-refractivity contribution in [3.8, 4) is 0 Å². The lowest BCUT2D eigenvalue weighted by atomic mass is 10.2. The van der Waals surface area contributed by atoms with Crippen molar-refractivity contribution in [2.45, 2.75) is 48.3 Å². The molecule has 0 aliphatic heterocycles. The van der Waals surface area contributed by atoms with Gasteiger partial charge in [-0.15, -0.1) is 23.5 Å². The fourth-order valence-corrected chi connectivity index (χ4v) is 8.01. The van der Waals surface area contributed by atoms with E-state index in [1.165, 1.54) is 29.6 Å². The molecule has 0 bridgehead atoms. The lowest BCUT2D eigenvalue weighted by Crippen LogP contribution is -2.35. The Balaban J connectivity index is 1.75. The van der Waals surface area contributed by atoms with E-state index in [9.17, 15) is 19.2 Å². The molecule has 3 aromatic rings. The van der Waals surface area contributed by atoms with E-state index < -0.39 is 11.8 Å². The van der Waals surface area contributed by atoms with Crippen LogP contribution in [-0.4, -0.2) is 111 Å². The second-order valence-electron chi connectivity index (χ2n) is 12.6. The lowest BCUT2D eigenvalue weighted by molar-refractivity contribution is -0.117. The molecule has 3 rings (SSSR count). The second-order valence-corrected chi connectivity index (χ2v) is 16.7. The number of rotatable bonds is 22. The highest BCUT2D eigenvalue weighted by Crippen LogP contribution is 2.39. The van der Waals surface area contributed by atoms with Crippen molar-refractivity contribution in [2.75, 3.05) is 87.1 Å². The van der Waals surface area contributed by atoms with Crippen LogP contribution >= 0.6 is 55.4 Å². The highest BCUT2D eigenvalue weighted by molar-refractivity contribution is 9.10. The molecule has 1 heterocycles. The molecule has 4 amide bonds. The van der Waals surface area contributed by atoms with Gasteiger partial charge in [0.05, 0.1) is 32.5 Å². The third-order valence-electron chi connectivity index (χ3n) is 8.18. The Hall–Kier alpha value is -4.48. The zero-order chi connectivity index (χ0) is 43.9. The first kappa shape index (κ1) is 49.9. The molecule has 1 aromatic heterocycles. The average Bonchev–Trinajstić information content (AvgIpc) is 3.22. The van der Waals surface area contributed by atoms with Gasteiger partial charge in [-0.05, 0) is 49.9 Å². The molecule has 0 unspecified atom stereocenters. The van der Waals surface area contributed by atoms with Crippen molar-refractivity contribution < 1.29 is 19.2 Å². The SMILES string of the molecule is C/N=C(\NC)NCCCCC(=O)Nc1cc(Br)cc(NC(=O)c2cc(C(=O)Nc3cc(Br)cc(NC(=O)CCCCN/C(=N/C)NC)c3SCCN)ncn2)c1SCCN. The predicted octanol–water partition coefficient (Wildman–Crippen LogP) is 4.42. The molecule has 2 aromatic carbocycles. The summed E-state index contributed by atoms with van der Waals surface area (Å²) in [6.45, 7) is 2.04. The Morgan fingerprint density at radius 2 is 1.00 bits per heavy atom. The molecule has 0 atom stereocenters. The Morgan fingerprint density at radius 1 is 0.617 bits per heavy atom. The Morgan fingerprint density at radius 3 is 1.35 bits per heavy atom. The monoisotopic (exact) mass is 992 g/mol. The maximum Gasteiger partial charge on any atom is 0.274 e. The summed E-state index contributed by atoms with van der Waals surface area (Å²) < 4.78 is 1.23. The Kier molecular flexibility index (Phi) is 22.8. The number of unbranched alkanes of at least 4 members (excludes halogenated alkanes) is 2. The summed E-state index contributed by atoms with van der Waals surface area (Å²) in [4.78, 5) is 71.0. The third-order valence-corrected chi connectivity index (χ3v) is 11.4. The lowest BCUT2D eigenvalue weighted by Gasteiger charge is -2.17. The van der Waals surface area contributed by atoms with E-state index in [4.69, 9.17) is 11.5 Å². The fourth-order valence-electron chi connectivity index (χ4n) is 5.39. The predicted molar refractivity (Wildman–Crippen MR) is 252 cm³/mol. The van der Waals surface area contributed by atoms with Crippen LogP contribution in [0.1, 0.15) is 59.5 Å². The number of amides is 4. The molecule has 12 N–H and O–H groups in total. The van der Waals surface area contributed by atoms with Crippen molar-refractivity contribution in [3.63, 3.8) is 0 Å². The minimum absolute atomic E-state index is 0.0714. The van der Waals surface area contributed by atoms with Gasteiger partial charge in [-0.3, -0.25) is 29.2 Å². The molecule has 0 spiro atoms. The number of hydrogen-bond donors (Lipinski definition) is 10. The third kappa shape index (κ3) is 16.9. The van der Waals surface area contributed by atoms with Crippen molar-refractivity contribution in [1.29, 1.82) is 0 Å². The van der Waals surface area contributed by atoms with Gasteiger partial charge in [-0.2, -0.15) is 0 Å². The number of thioether (sulfide) groups is 2. The number of nitrogens with two attached hydrogens (primary N) is 2. The molecule has 0 radical (unpaired) electrons. The normalized spacial score (nSPS) is 11.4. The summed E-state index contributed by atoms with van der Waals surface area (Å²) >= 11 is 9.76. The second kappa shape index (κ2) is 27.4. The summed E-state index contributed by atoms with van der Waals surface area (Å²) in [7, 11) is 6.93. The van der Waals surface area contributed by atoms with Crippen LogP contribution in [0.3, 0.4) is 0 Å². The van der Waals surface area contributed by atoms with Gasteiger partial charge in [-0.25, -0.2) is 9.97 Å². The maximum atomic E-state index is 13.7. The van der Waals surface area contributed by atoms with Crippen LogP contribution in [0.5, 0.6) is 0 Å². The van der Waals surface area contributed by atoms with Gasteiger partial charge in [0.2, 0.25) is 11.8 Å². The maximum absolute atomic E-state index is 13.7. The summed E-state index contributed by atoms with van der Waals surface area (Å²) in [5.74, 6) is 0.803. The topological polar surface area (TPSA) is 267 Å². The van der Waals surface area contributed by atoms with Crippen LogP contribution in [0.4, 0.5) is 22.7 Å². The van der Waals surface area contributed by atoms with E-state index in [2.05, 4.69) is 94.3 Å². The first-order valence-electron chi connectivity index (χ1n) is 19.1. The number of benzene rings is 2. The molecule has 60 heavy (non-hydrogen) atoms. The smallest absolute Gasteiger partial charge is 0.274 e. The number of anilines is 4. The van der Waals surface area contributed by atoms with Gasteiger partial charge in [-0.1, -0.05) is 31.9 Å². The molecule has 0 saturated carbocycles. The van der Waals surface area contributed by atoms with E-state index in [-0.39, 0.29) is 36.0 Å². The molecule has 0 fully saturated rings. The quantitative estimate of drug-likeness (QED) is 0.0289. The van der Waals surface area contributed by atoms with Crippen molar-refractivity contribution >= 4 is 114 Å². The number of carbonyl (C=O) groups is 4. The summed E-state index contributed by atoms with van der Waals surface area (Å²) in [6, 6.07) is 8.24. The molecule has 0 aliphatic rings. The first-order valence-corrected chi connectivity index (χ1v) is 22.7. The Bertz CT molecular complexity index is 1850. The number of aromatic nitrogens is 2. The van der Waals surface area contributed by atoms with Crippen LogP contribution in [-0.2, 0) is 9.59 Å². The van der Waals surface area contributed by atoms with E-state index in [1.54, 1.807) is 52.5 Å². The number of nitrogens with zero attached hydrogens (tertiary/aromatic N) is 4. The molecule has 0 aliphatic carbocycles. The number of aliphatic imine (C=N–C) groups is 2. The van der Waals surface area contributed by atoms with Gasteiger partial charge in [0, 0.05) is 93.7 Å². The zero-order valence-electron chi connectivity index (χ0n) is 34.1. The highest BCUT2D eigenvalue weighted by atomic mass is 79.9. The number of guanidine groups is 2. The Labute approximate surface area is 376 Å². The summed E-state index contributed by atoms with van der Waals surface area (Å²) in [5, 5.41) is 24.0. The van der Waals surface area contributed by atoms with Gasteiger partial charge in [0.25, 0.3) is 11.8 Å². The standard InChI is InChI=1S/C38H54Br2N14O4S2/c1-43-37(44-2)47-13-7-5-9-31(55)51-25-17-23(39)19-27(33(25)59-15-11-41)53-35(57)29-21-30(50-22-49-29)36(58)54-28-20-24(40)18-26(34(28)60-16-12-42)52-32(56)10-6-8-14-48-38(45-3)46-4/h17-22H,5-16,41-42H2,1-4H3,(H,51,55)(H,52,56)(H,53,57)(H,54,58)(H2,43,44,47)(H2,45,46,48). The van der Waals surface area contributed by atoms with Crippen LogP contribution in [0, 0.1) is 0 Å². The van der Waals surface area contributed by atoms with Crippen LogP contribution in [0.2, 0.25) is 0 Å². The molecule has 326 valence electrons. The minimum Gasteiger partial charge on any atom is -0.359 e. The molecular formula is C38H54Br2N14O4S2. The van der Waals surface area contributed by atoms with E-state index in [0.29, 0.717) is 104 Å². The van der Waals surface area contributed by atoms with Crippen LogP contribution < -0.4 is 54.0 Å². The first-order chi connectivity index (χ1) is 29.0. The number of hydrogen-bond acceptors (Lipinski definition) is 12. The summed E-state index contributed by atoms with van der Waals surface area (Å²) in [6.07, 6.45) is 4.51. The van der Waals surface area contributed by atoms with Crippen molar-refractivity contribution in [2.24, 2.45) is 21.5 Å². The van der Waals surface area contributed by atoms with E-state index in [1.807, 2.05) is 0 Å². The molecule has 22 heteroatoms. The molecular weight excluding hydrogens is 940 g/mol. The average molecular weight is 995 g/mol. The van der Waals surface area contributed by atoms with E-state index >= 15 is 0 Å². The van der Waals surface area contributed by atoms with Crippen LogP contribution in [0.25, 0.3) is 0 Å². The van der Waals surface area contributed by atoms with Gasteiger partial charge >= 0.3 is 0 Å². The van der Waals surface area contributed by atoms with Gasteiger partial charge in [0.1, 0.15) is 17.7 Å². The van der Waals surface area contributed by atoms with Gasteiger partial charge in [0.15, 0.2) is 11.9 Å². The highest BCUT2D eigenvalue weighted by Gasteiger charge is 2.21. The summed E-state index contributed by atoms with van der Waals surface area (Å²) in [5.41, 5.74) is 13.4. The van der Waals surface area contributed by atoms with Crippen molar-refractivity contribution in [3.05, 3.63) is 57.0 Å². The van der Waals surface area contributed by atoms with Crippen LogP contribution in [0.15, 0.2) is 65.4 Å². The van der Waals surface area contributed by atoms with Crippen molar-refractivity contribution in [1.82, 2.24) is 31.2 Å². The van der Waals surface area contributed by atoms with E-state index in [0.717, 1.165) is 19.2 Å². The fraction of sp³-hybridized carbons (Fsp3) is 0.421. The van der Waals surface area contributed by atoms with Gasteiger partial charge < -0.3 is 54.0 Å². The minimum atomic E-state index is -0.608. The zero-order valence-corrected chi connectivity index (χ0v) is 38.9. The molecule has 0 saturated heterocycles.